The Hall–Kier alpha value is -1.71. The van der Waals surface area contributed by atoms with Crippen molar-refractivity contribution >= 4 is 15.7 Å². The lowest BCUT2D eigenvalue weighted by Crippen LogP contribution is -2.39. The van der Waals surface area contributed by atoms with E-state index in [-0.39, 0.29) is 11.4 Å². The Morgan fingerprint density at radius 1 is 1.53 bits per heavy atom. The number of nitro groups is 1. The number of hydrogen-bond acceptors (Lipinski definition) is 6. The molecule has 1 atom stereocenters. The summed E-state index contributed by atoms with van der Waals surface area (Å²) in [7, 11) is -3.90. The summed E-state index contributed by atoms with van der Waals surface area (Å²) in [5.41, 5.74) is 4.73. The number of nitro benzene ring substituents is 1. The van der Waals surface area contributed by atoms with Gasteiger partial charge >= 0.3 is 5.69 Å². The van der Waals surface area contributed by atoms with Gasteiger partial charge in [0, 0.05) is 18.7 Å². The minimum atomic E-state index is -3.90. The Kier molecular flexibility index (Phi) is 4.81. The summed E-state index contributed by atoms with van der Waals surface area (Å²) >= 11 is 0. The van der Waals surface area contributed by atoms with Crippen LogP contribution in [0.1, 0.15) is 13.3 Å². The van der Waals surface area contributed by atoms with Crippen LogP contribution in [-0.2, 0) is 10.0 Å². The van der Waals surface area contributed by atoms with E-state index in [1.165, 1.54) is 0 Å². The smallest absolute Gasteiger partial charge is 0.312 e. The van der Waals surface area contributed by atoms with Crippen LogP contribution in [0.2, 0.25) is 0 Å². The topological polar surface area (TPSA) is 136 Å². The van der Waals surface area contributed by atoms with E-state index in [1.807, 2.05) is 0 Å². The largest absolute Gasteiger partial charge is 0.502 e. The Bertz CT molecular complexity index is 569. The number of rotatable bonds is 6. The van der Waals surface area contributed by atoms with Crippen molar-refractivity contribution in [3.05, 3.63) is 28.3 Å². The number of hydrogen-bond donors (Lipinski definition) is 3. The number of nitrogens with two attached hydrogens (primary N) is 1. The molecule has 1 aromatic carbocycles. The van der Waals surface area contributed by atoms with Crippen LogP contribution in [0.3, 0.4) is 0 Å². The quantitative estimate of drug-likeness (QED) is 0.509. The first-order chi connectivity index (χ1) is 8.81. The van der Waals surface area contributed by atoms with E-state index < -0.39 is 32.4 Å². The van der Waals surface area contributed by atoms with Gasteiger partial charge in [-0.05, 0) is 18.6 Å². The zero-order valence-corrected chi connectivity index (χ0v) is 11.1. The Balaban J connectivity index is 3.15. The molecule has 0 amide bonds. The molecule has 0 bridgehead atoms. The first-order valence-corrected chi connectivity index (χ1v) is 7.00. The fraction of sp³-hybridized carbons (Fsp3) is 0.400. The van der Waals surface area contributed by atoms with Crippen LogP contribution >= 0.6 is 0 Å². The molecule has 19 heavy (non-hydrogen) atoms. The summed E-state index contributed by atoms with van der Waals surface area (Å²) in [6.45, 7) is 1.88. The molecule has 1 rings (SSSR count). The van der Waals surface area contributed by atoms with Crippen molar-refractivity contribution in [2.24, 2.45) is 5.73 Å². The van der Waals surface area contributed by atoms with Gasteiger partial charge in [0.2, 0.25) is 10.0 Å². The van der Waals surface area contributed by atoms with Crippen LogP contribution in [0.4, 0.5) is 5.69 Å². The van der Waals surface area contributed by atoms with Gasteiger partial charge < -0.3 is 10.8 Å². The second-order valence-corrected chi connectivity index (χ2v) is 5.58. The maximum Gasteiger partial charge on any atom is 0.312 e. The molecule has 0 aliphatic carbocycles. The molecule has 4 N–H and O–H groups in total. The van der Waals surface area contributed by atoms with Gasteiger partial charge in [0.15, 0.2) is 5.75 Å². The average molecular weight is 289 g/mol. The molecule has 0 heterocycles. The van der Waals surface area contributed by atoms with Crippen molar-refractivity contribution in [2.75, 3.05) is 6.54 Å². The summed E-state index contributed by atoms with van der Waals surface area (Å²) in [5, 5.41) is 19.9. The van der Waals surface area contributed by atoms with Gasteiger partial charge in [0.1, 0.15) is 0 Å². The summed E-state index contributed by atoms with van der Waals surface area (Å²) in [5.74, 6) is -0.588. The van der Waals surface area contributed by atoms with Crippen molar-refractivity contribution in [3.8, 4) is 5.75 Å². The zero-order valence-electron chi connectivity index (χ0n) is 10.2. The minimum Gasteiger partial charge on any atom is -0.502 e. The van der Waals surface area contributed by atoms with E-state index in [4.69, 9.17) is 5.73 Å². The average Bonchev–Trinajstić information content (AvgIpc) is 2.35. The van der Waals surface area contributed by atoms with Gasteiger partial charge in [-0.25, -0.2) is 13.1 Å². The van der Waals surface area contributed by atoms with Crippen LogP contribution < -0.4 is 10.5 Å². The van der Waals surface area contributed by atoms with Gasteiger partial charge in [0.25, 0.3) is 0 Å². The van der Waals surface area contributed by atoms with E-state index in [0.29, 0.717) is 6.42 Å². The predicted molar refractivity (Wildman–Crippen MR) is 68.2 cm³/mol. The van der Waals surface area contributed by atoms with Crippen LogP contribution in [0.25, 0.3) is 0 Å². The molecule has 0 saturated heterocycles. The molecular weight excluding hydrogens is 274 g/mol. The number of nitrogens with zero attached hydrogens (tertiary/aromatic N) is 1. The van der Waals surface area contributed by atoms with Crippen molar-refractivity contribution < 1.29 is 18.4 Å². The number of nitrogens with one attached hydrogen (secondary N) is 1. The third-order valence-corrected chi connectivity index (χ3v) is 4.07. The molecule has 9 heteroatoms. The molecule has 0 saturated carbocycles. The second-order valence-electron chi connectivity index (χ2n) is 3.87. The number of benzene rings is 1. The maximum atomic E-state index is 12.0. The van der Waals surface area contributed by atoms with Crippen LogP contribution in [-0.4, -0.2) is 31.0 Å². The molecular formula is C10H15N3O5S. The van der Waals surface area contributed by atoms with Crippen LogP contribution in [0.15, 0.2) is 23.1 Å². The number of phenols is 1. The highest BCUT2D eigenvalue weighted by atomic mass is 32.2. The van der Waals surface area contributed by atoms with E-state index in [9.17, 15) is 23.6 Å². The van der Waals surface area contributed by atoms with E-state index in [0.717, 1.165) is 18.2 Å². The highest BCUT2D eigenvalue weighted by Gasteiger charge is 2.22. The molecule has 0 spiro atoms. The first-order valence-electron chi connectivity index (χ1n) is 5.51. The highest BCUT2D eigenvalue weighted by Crippen LogP contribution is 2.28. The van der Waals surface area contributed by atoms with Crippen LogP contribution in [0.5, 0.6) is 5.75 Å². The Labute approximate surface area is 110 Å². The van der Waals surface area contributed by atoms with Gasteiger partial charge in [-0.1, -0.05) is 6.92 Å². The molecule has 0 aliphatic rings. The minimum absolute atomic E-state index is 0.121. The molecule has 106 valence electrons. The lowest BCUT2D eigenvalue weighted by molar-refractivity contribution is -0.386. The van der Waals surface area contributed by atoms with E-state index in [2.05, 4.69) is 4.72 Å². The number of sulfonamides is 1. The third kappa shape index (κ3) is 3.63. The van der Waals surface area contributed by atoms with Crippen molar-refractivity contribution in [1.29, 1.82) is 0 Å². The van der Waals surface area contributed by atoms with Crippen molar-refractivity contribution in [1.82, 2.24) is 4.72 Å². The molecule has 0 radical (unpaired) electrons. The number of phenolic OH excluding ortho intramolecular Hbond substituents is 1. The summed E-state index contributed by atoms with van der Waals surface area (Å²) in [4.78, 5) is 9.51. The lowest BCUT2D eigenvalue weighted by atomic mass is 10.2. The second kappa shape index (κ2) is 5.95. The highest BCUT2D eigenvalue weighted by molar-refractivity contribution is 7.89. The van der Waals surface area contributed by atoms with Gasteiger partial charge in [-0.3, -0.25) is 10.1 Å². The number of aromatic hydroxyl groups is 1. The molecule has 1 unspecified atom stereocenters. The normalized spacial score (nSPS) is 13.2. The SMILES string of the molecule is CCC(CN)NS(=O)(=O)c1ccc(O)c([N+](=O)[O-])c1. The summed E-state index contributed by atoms with van der Waals surface area (Å²) < 4.78 is 26.3. The van der Waals surface area contributed by atoms with Crippen LogP contribution in [0, 0.1) is 10.1 Å². The molecule has 0 aromatic heterocycles. The molecule has 8 nitrogen and oxygen atoms in total. The molecule has 1 aromatic rings. The fourth-order valence-electron chi connectivity index (χ4n) is 1.40. The van der Waals surface area contributed by atoms with Gasteiger partial charge in [0.05, 0.1) is 9.82 Å². The zero-order chi connectivity index (χ0) is 14.6. The van der Waals surface area contributed by atoms with Crippen molar-refractivity contribution in [3.63, 3.8) is 0 Å². The Morgan fingerprint density at radius 3 is 2.63 bits per heavy atom. The predicted octanol–water partition coefficient (Wildman–Crippen LogP) is 0.316. The van der Waals surface area contributed by atoms with E-state index in [1.54, 1.807) is 6.92 Å². The first kappa shape index (κ1) is 15.3. The maximum absolute atomic E-state index is 12.0. The fourth-order valence-corrected chi connectivity index (χ4v) is 2.75. The van der Waals surface area contributed by atoms with Gasteiger partial charge in [-0.15, -0.1) is 0 Å². The lowest BCUT2D eigenvalue weighted by Gasteiger charge is -2.14. The van der Waals surface area contributed by atoms with Crippen molar-refractivity contribution in [2.45, 2.75) is 24.3 Å². The summed E-state index contributed by atoms with van der Waals surface area (Å²) in [6.07, 6.45) is 0.496. The third-order valence-electron chi connectivity index (χ3n) is 2.55. The summed E-state index contributed by atoms with van der Waals surface area (Å²) in [6, 6.07) is 2.42. The molecule has 0 aliphatic heterocycles. The molecule has 0 fully saturated rings. The Morgan fingerprint density at radius 2 is 2.16 bits per heavy atom. The van der Waals surface area contributed by atoms with Gasteiger partial charge in [-0.2, -0.15) is 0 Å². The standard InChI is InChI=1S/C10H15N3O5S/c1-2-7(6-11)12-19(17,18)8-3-4-10(14)9(5-8)13(15)16/h3-5,7,12,14H,2,6,11H2,1H3. The van der Waals surface area contributed by atoms with E-state index >= 15 is 0 Å². The monoisotopic (exact) mass is 289 g/mol.